The Bertz CT molecular complexity index is 504. The van der Waals surface area contributed by atoms with Crippen LogP contribution in [0.25, 0.3) is 0 Å². The number of benzene rings is 1. The van der Waals surface area contributed by atoms with Crippen molar-refractivity contribution in [1.82, 2.24) is 5.32 Å². The molecule has 2 rings (SSSR count). The summed E-state index contributed by atoms with van der Waals surface area (Å²) >= 11 is 0. The molecule has 1 unspecified atom stereocenters. The van der Waals surface area contributed by atoms with Gasteiger partial charge in [0.2, 0.25) is 0 Å². The van der Waals surface area contributed by atoms with Crippen molar-refractivity contribution < 1.29 is 17.9 Å². The van der Waals surface area contributed by atoms with Crippen LogP contribution in [-0.4, -0.2) is 12.4 Å². The Hall–Kier alpha value is -1.74. The smallest absolute Gasteiger partial charge is 0.405 e. The van der Waals surface area contributed by atoms with Crippen LogP contribution in [0.1, 0.15) is 43.7 Å². The molecule has 1 atom stereocenters. The first-order valence-corrected chi connectivity index (χ1v) is 7.00. The molecule has 0 amide bonds. The average molecular weight is 298 g/mol. The zero-order valence-electron chi connectivity index (χ0n) is 11.5. The molecule has 1 aliphatic rings. The van der Waals surface area contributed by atoms with Crippen molar-refractivity contribution in [1.29, 1.82) is 5.26 Å². The van der Waals surface area contributed by atoms with Gasteiger partial charge >= 0.3 is 6.36 Å². The summed E-state index contributed by atoms with van der Waals surface area (Å²) < 4.78 is 41.3. The summed E-state index contributed by atoms with van der Waals surface area (Å²) in [5.41, 5.74) is 0.225. The Balaban J connectivity index is 2.15. The van der Waals surface area contributed by atoms with Gasteiger partial charge in [-0.25, -0.2) is 0 Å². The molecule has 0 spiro atoms. The van der Waals surface area contributed by atoms with Crippen LogP contribution in [0.3, 0.4) is 0 Å². The highest BCUT2D eigenvalue weighted by Gasteiger charge is 2.33. The molecule has 1 aliphatic carbocycles. The number of hydrogen-bond donors (Lipinski definition) is 1. The summed E-state index contributed by atoms with van der Waals surface area (Å²) in [5, 5.41) is 12.4. The number of para-hydroxylation sites is 1. The third-order valence-corrected chi connectivity index (χ3v) is 3.59. The first kappa shape index (κ1) is 15.6. The maximum Gasteiger partial charge on any atom is 0.573 e. The Morgan fingerprint density at radius 3 is 2.48 bits per heavy atom. The minimum atomic E-state index is -4.76. The number of halogens is 3. The van der Waals surface area contributed by atoms with Gasteiger partial charge in [0.25, 0.3) is 0 Å². The average Bonchev–Trinajstić information content (AvgIpc) is 2.45. The second kappa shape index (κ2) is 6.81. The van der Waals surface area contributed by atoms with Crippen LogP contribution in [0, 0.1) is 11.3 Å². The fourth-order valence-corrected chi connectivity index (χ4v) is 2.64. The van der Waals surface area contributed by atoms with Crippen LogP contribution in [0.15, 0.2) is 24.3 Å². The quantitative estimate of drug-likeness (QED) is 0.911. The minimum Gasteiger partial charge on any atom is -0.405 e. The van der Waals surface area contributed by atoms with E-state index in [1.54, 1.807) is 6.07 Å². The van der Waals surface area contributed by atoms with E-state index in [2.05, 4.69) is 10.1 Å². The summed E-state index contributed by atoms with van der Waals surface area (Å²) in [5.74, 6) is -0.320. The molecule has 0 saturated heterocycles. The van der Waals surface area contributed by atoms with Gasteiger partial charge < -0.3 is 4.74 Å². The van der Waals surface area contributed by atoms with Crippen molar-refractivity contribution in [2.75, 3.05) is 0 Å². The molecular weight excluding hydrogens is 281 g/mol. The normalized spacial score (nSPS) is 18.0. The zero-order chi connectivity index (χ0) is 15.3. The molecule has 1 N–H and O–H groups in total. The highest BCUT2D eigenvalue weighted by Crippen LogP contribution is 2.31. The lowest BCUT2D eigenvalue weighted by atomic mass is 9.94. The van der Waals surface area contributed by atoms with Crippen molar-refractivity contribution in [3.63, 3.8) is 0 Å². The van der Waals surface area contributed by atoms with Crippen LogP contribution in [0.2, 0.25) is 0 Å². The van der Waals surface area contributed by atoms with Crippen LogP contribution in [0.4, 0.5) is 13.2 Å². The van der Waals surface area contributed by atoms with Crippen molar-refractivity contribution in [2.24, 2.45) is 0 Å². The molecule has 0 aliphatic heterocycles. The van der Waals surface area contributed by atoms with E-state index >= 15 is 0 Å². The fraction of sp³-hybridized carbons (Fsp3) is 0.533. The van der Waals surface area contributed by atoms with E-state index in [1.807, 2.05) is 6.07 Å². The first-order chi connectivity index (χ1) is 9.99. The number of nitriles is 1. The number of alkyl halides is 3. The Morgan fingerprint density at radius 1 is 1.19 bits per heavy atom. The van der Waals surface area contributed by atoms with Gasteiger partial charge in [-0.1, -0.05) is 37.5 Å². The third-order valence-electron chi connectivity index (χ3n) is 3.59. The monoisotopic (exact) mass is 298 g/mol. The number of nitrogens with zero attached hydrogens (tertiary/aromatic N) is 1. The van der Waals surface area contributed by atoms with E-state index in [-0.39, 0.29) is 17.4 Å². The molecule has 0 radical (unpaired) electrons. The van der Waals surface area contributed by atoms with Gasteiger partial charge in [-0.05, 0) is 18.9 Å². The van der Waals surface area contributed by atoms with Gasteiger partial charge in [-0.3, -0.25) is 5.32 Å². The predicted molar refractivity (Wildman–Crippen MR) is 71.5 cm³/mol. The predicted octanol–water partition coefficient (Wildman–Crippen LogP) is 4.07. The summed E-state index contributed by atoms with van der Waals surface area (Å²) in [6, 6.07) is 7.19. The molecule has 1 saturated carbocycles. The highest BCUT2D eigenvalue weighted by atomic mass is 19.4. The van der Waals surface area contributed by atoms with Crippen molar-refractivity contribution in [3.8, 4) is 11.8 Å². The lowest BCUT2D eigenvalue weighted by Gasteiger charge is -2.26. The SMILES string of the molecule is N#CC(NC1CCCCC1)c1ccccc1OC(F)(F)F. The van der Waals surface area contributed by atoms with E-state index in [0.29, 0.717) is 0 Å². The van der Waals surface area contributed by atoms with Crippen LogP contribution in [0.5, 0.6) is 5.75 Å². The molecule has 0 bridgehead atoms. The lowest BCUT2D eigenvalue weighted by Crippen LogP contribution is -2.34. The van der Waals surface area contributed by atoms with Crippen LogP contribution in [-0.2, 0) is 0 Å². The van der Waals surface area contributed by atoms with Gasteiger partial charge in [-0.2, -0.15) is 5.26 Å². The molecule has 114 valence electrons. The number of hydrogen-bond acceptors (Lipinski definition) is 3. The van der Waals surface area contributed by atoms with E-state index in [0.717, 1.165) is 25.7 Å². The van der Waals surface area contributed by atoms with Gasteiger partial charge in [0, 0.05) is 11.6 Å². The number of ether oxygens (including phenoxy) is 1. The Morgan fingerprint density at radius 2 is 1.86 bits per heavy atom. The van der Waals surface area contributed by atoms with E-state index in [9.17, 15) is 18.4 Å². The van der Waals surface area contributed by atoms with Gasteiger partial charge in [0.05, 0.1) is 6.07 Å². The van der Waals surface area contributed by atoms with E-state index in [4.69, 9.17) is 0 Å². The maximum absolute atomic E-state index is 12.4. The number of nitrogens with one attached hydrogen (secondary N) is 1. The van der Waals surface area contributed by atoms with E-state index in [1.165, 1.54) is 24.6 Å². The van der Waals surface area contributed by atoms with Gasteiger partial charge in [-0.15, -0.1) is 13.2 Å². The molecule has 21 heavy (non-hydrogen) atoms. The fourth-order valence-electron chi connectivity index (χ4n) is 2.64. The largest absolute Gasteiger partial charge is 0.573 e. The molecule has 1 aromatic carbocycles. The van der Waals surface area contributed by atoms with Crippen molar-refractivity contribution in [2.45, 2.75) is 50.6 Å². The molecule has 0 aromatic heterocycles. The number of rotatable bonds is 4. The van der Waals surface area contributed by atoms with Crippen LogP contribution >= 0.6 is 0 Å². The topological polar surface area (TPSA) is 45.0 Å². The molecule has 1 aromatic rings. The molecule has 0 heterocycles. The van der Waals surface area contributed by atoms with Crippen molar-refractivity contribution >= 4 is 0 Å². The first-order valence-electron chi connectivity index (χ1n) is 7.00. The molecule has 6 heteroatoms. The summed E-state index contributed by atoms with van der Waals surface area (Å²) in [6.45, 7) is 0. The molecule has 3 nitrogen and oxygen atoms in total. The molecular formula is C15H17F3N2O. The summed E-state index contributed by atoms with van der Waals surface area (Å²) in [7, 11) is 0. The minimum absolute atomic E-state index is 0.169. The third kappa shape index (κ3) is 4.64. The van der Waals surface area contributed by atoms with Gasteiger partial charge in [0.15, 0.2) is 0 Å². The standard InChI is InChI=1S/C15H17F3N2O/c16-15(17,18)21-14-9-5-4-8-12(14)13(10-19)20-11-6-2-1-3-7-11/h4-5,8-9,11,13,20H,1-3,6-7H2. The lowest BCUT2D eigenvalue weighted by molar-refractivity contribution is -0.274. The Labute approximate surface area is 121 Å². The second-order valence-electron chi connectivity index (χ2n) is 5.15. The molecule has 1 fully saturated rings. The van der Waals surface area contributed by atoms with Crippen molar-refractivity contribution in [3.05, 3.63) is 29.8 Å². The Kier molecular flexibility index (Phi) is 5.07. The maximum atomic E-state index is 12.4. The summed E-state index contributed by atoms with van der Waals surface area (Å²) in [4.78, 5) is 0. The second-order valence-corrected chi connectivity index (χ2v) is 5.15. The highest BCUT2D eigenvalue weighted by molar-refractivity contribution is 5.38. The van der Waals surface area contributed by atoms with Crippen LogP contribution < -0.4 is 10.1 Å². The van der Waals surface area contributed by atoms with E-state index < -0.39 is 12.4 Å². The van der Waals surface area contributed by atoms with Gasteiger partial charge in [0.1, 0.15) is 11.8 Å². The summed E-state index contributed by atoms with van der Waals surface area (Å²) in [6.07, 6.45) is 0.456. The zero-order valence-corrected chi connectivity index (χ0v) is 11.5.